The summed E-state index contributed by atoms with van der Waals surface area (Å²) in [7, 11) is 0.418. The van der Waals surface area contributed by atoms with Crippen LogP contribution in [0.1, 0.15) is 54.9 Å². The van der Waals surface area contributed by atoms with Crippen LogP contribution >= 0.6 is 0 Å². The zero-order valence-electron chi connectivity index (χ0n) is 28.0. The molecule has 6 fully saturated rings. The maximum atomic E-state index is 14.3. The third kappa shape index (κ3) is 4.02. The minimum Gasteiger partial charge on any atom is -0.453 e. The number of methoxy groups -OCH3 is 3. The van der Waals surface area contributed by atoms with Crippen LogP contribution in [0.25, 0.3) is 0 Å². The smallest absolute Gasteiger partial charge is 0.416 e. The van der Waals surface area contributed by atoms with Crippen molar-refractivity contribution in [2.75, 3.05) is 26.1 Å². The normalized spacial score (nSPS) is 43.9. The van der Waals surface area contributed by atoms with Gasteiger partial charge in [-0.3, -0.25) is 9.62 Å². The van der Waals surface area contributed by atoms with Gasteiger partial charge in [0, 0.05) is 57.6 Å². The number of hydrogen-bond acceptors (Lipinski definition) is 10. The Labute approximate surface area is 288 Å². The highest BCUT2D eigenvalue weighted by atomic mass is 32.2. The lowest BCUT2D eigenvalue weighted by atomic mass is 9.56. The first kappa shape index (κ1) is 34.3. The van der Waals surface area contributed by atoms with Gasteiger partial charge in [0.25, 0.3) is 10.0 Å². The second kappa shape index (κ2) is 10.9. The third-order valence-corrected chi connectivity index (χ3v) is 14.9. The lowest BCUT2D eigenvalue weighted by molar-refractivity contribution is -0.314. The number of nitrogens with zero attached hydrogens (tertiary/aromatic N) is 1. The second-order valence-corrected chi connectivity index (χ2v) is 16.6. The number of ether oxygens (including phenoxy) is 4. The number of esters is 1. The van der Waals surface area contributed by atoms with E-state index in [0.29, 0.717) is 37.8 Å². The first-order valence-corrected chi connectivity index (χ1v) is 18.4. The molecule has 50 heavy (non-hydrogen) atoms. The molecule has 2 aromatic rings. The molecule has 3 N–H and O–H groups in total. The van der Waals surface area contributed by atoms with Crippen molar-refractivity contribution >= 4 is 21.7 Å². The number of sulfonamides is 1. The average Bonchev–Trinajstić information content (AvgIpc) is 3.61. The quantitative estimate of drug-likeness (QED) is 0.346. The molecule has 2 aromatic carbocycles. The van der Waals surface area contributed by atoms with E-state index in [1.165, 1.54) is 18.2 Å². The average molecular weight is 723 g/mol. The highest BCUT2D eigenvalue weighted by Gasteiger charge is 2.91. The van der Waals surface area contributed by atoms with Crippen LogP contribution in [0.3, 0.4) is 0 Å². The number of anilines is 1. The molecule has 15 heteroatoms. The van der Waals surface area contributed by atoms with E-state index < -0.39 is 79.1 Å². The van der Waals surface area contributed by atoms with Gasteiger partial charge in [-0.25, -0.2) is 13.2 Å². The topological polar surface area (TPSA) is 144 Å². The van der Waals surface area contributed by atoms with E-state index in [1.807, 2.05) is 6.92 Å². The van der Waals surface area contributed by atoms with Gasteiger partial charge >= 0.3 is 12.1 Å². The van der Waals surface area contributed by atoms with E-state index >= 15 is 0 Å². The van der Waals surface area contributed by atoms with E-state index in [0.717, 1.165) is 12.1 Å². The molecule has 11 nitrogen and oxygen atoms in total. The van der Waals surface area contributed by atoms with E-state index in [2.05, 4.69) is 9.62 Å². The highest BCUT2D eigenvalue weighted by Crippen LogP contribution is 2.77. The van der Waals surface area contributed by atoms with Crippen molar-refractivity contribution in [2.24, 2.45) is 17.8 Å². The number of benzene rings is 2. The second-order valence-electron chi connectivity index (χ2n) is 14.9. The fourth-order valence-corrected chi connectivity index (χ4v) is 12.9. The van der Waals surface area contributed by atoms with Gasteiger partial charge in [0.2, 0.25) is 0 Å². The molecule has 3 saturated carbocycles. The maximum absolute atomic E-state index is 14.3. The fraction of sp³-hybridized carbons (Fsp3) is 0.629. The van der Waals surface area contributed by atoms with Crippen LogP contribution in [0, 0.1) is 17.8 Å². The van der Waals surface area contributed by atoms with E-state index in [4.69, 9.17) is 18.9 Å². The molecule has 6 aliphatic rings. The molecule has 3 saturated heterocycles. The number of carbonyl (C=O) groups excluding carboxylic acids is 1. The molecule has 1 spiro atoms. The highest BCUT2D eigenvalue weighted by molar-refractivity contribution is 7.92. The Morgan fingerprint density at radius 3 is 2.32 bits per heavy atom. The van der Waals surface area contributed by atoms with Gasteiger partial charge in [-0.1, -0.05) is 12.1 Å². The molecule has 0 radical (unpaired) electrons. The minimum atomic E-state index is -4.63. The summed E-state index contributed by atoms with van der Waals surface area (Å²) in [5.74, 6) is -1.77. The molecule has 3 aliphatic heterocycles. The number of carbonyl (C=O) groups is 1. The summed E-state index contributed by atoms with van der Waals surface area (Å²) in [6, 6.07) is 8.10. The molecular weight excluding hydrogens is 681 g/mol. The third-order valence-electron chi connectivity index (χ3n) is 13.5. The first-order chi connectivity index (χ1) is 23.6. The van der Waals surface area contributed by atoms with Gasteiger partial charge < -0.3 is 29.2 Å². The van der Waals surface area contributed by atoms with Crippen LogP contribution in [0.4, 0.5) is 18.9 Å². The Kier molecular flexibility index (Phi) is 7.46. The summed E-state index contributed by atoms with van der Waals surface area (Å²) in [5, 5.41) is 25.4. The Morgan fingerprint density at radius 1 is 0.980 bits per heavy atom. The molecule has 5 unspecified atom stereocenters. The Hall–Kier alpha value is -2.79. The Morgan fingerprint density at radius 2 is 1.68 bits per heavy atom. The van der Waals surface area contributed by atoms with Gasteiger partial charge in [0.05, 0.1) is 45.6 Å². The summed E-state index contributed by atoms with van der Waals surface area (Å²) in [6.07, 6.45) is -3.85. The molecule has 3 aliphatic carbocycles. The van der Waals surface area contributed by atoms with Crippen molar-refractivity contribution in [2.45, 2.75) is 103 Å². The number of fused-ring (bicyclic) bond motifs is 2. The van der Waals surface area contributed by atoms with Crippen LogP contribution in [0.2, 0.25) is 0 Å². The molecule has 0 amide bonds. The minimum absolute atomic E-state index is 0.0642. The SMILES string of the molecule is CO[C@H]1C[C@]2(O)C3CC4C5(C6C[C@H]1[C@H](OC)[C@@]62O)[C@@H](OC)CC[C@@]4(OC(=O)c1ccccc1NS(=O)(=O)c1ccc(C(F)(F)F)cc1)[C@H](C)N35. The summed E-state index contributed by atoms with van der Waals surface area (Å²) in [4.78, 5) is 16.1. The number of aliphatic hydroxyl groups is 2. The van der Waals surface area contributed by atoms with Crippen molar-refractivity contribution in [1.29, 1.82) is 0 Å². The zero-order valence-corrected chi connectivity index (χ0v) is 28.8. The van der Waals surface area contributed by atoms with Gasteiger partial charge in [-0.15, -0.1) is 0 Å². The number of piperidine rings is 2. The van der Waals surface area contributed by atoms with Gasteiger partial charge in [0.15, 0.2) is 0 Å². The summed E-state index contributed by atoms with van der Waals surface area (Å²) < 4.78 is 92.9. The Bertz CT molecular complexity index is 1830. The molecule has 8 rings (SSSR count). The monoisotopic (exact) mass is 722 g/mol. The van der Waals surface area contributed by atoms with E-state index in [-0.39, 0.29) is 41.7 Å². The van der Waals surface area contributed by atoms with Crippen LogP contribution in [-0.4, -0.2) is 104 Å². The summed E-state index contributed by atoms with van der Waals surface area (Å²) in [5.41, 5.74) is -6.17. The predicted octanol–water partition coefficient (Wildman–Crippen LogP) is 3.59. The fourth-order valence-electron chi connectivity index (χ4n) is 11.8. The lowest BCUT2D eigenvalue weighted by Gasteiger charge is -2.64. The molecule has 0 aromatic heterocycles. The van der Waals surface area contributed by atoms with Crippen LogP contribution in [0.15, 0.2) is 53.4 Å². The van der Waals surface area contributed by atoms with Crippen molar-refractivity contribution in [3.05, 3.63) is 59.7 Å². The predicted molar refractivity (Wildman–Crippen MR) is 171 cm³/mol. The molecule has 272 valence electrons. The van der Waals surface area contributed by atoms with Crippen molar-refractivity contribution in [3.8, 4) is 0 Å². The molecule has 13 atom stereocenters. The number of alkyl halides is 3. The Balaban J connectivity index is 1.15. The summed E-state index contributed by atoms with van der Waals surface area (Å²) in [6.45, 7) is 1.97. The van der Waals surface area contributed by atoms with Crippen LogP contribution in [0.5, 0.6) is 0 Å². The van der Waals surface area contributed by atoms with E-state index in [1.54, 1.807) is 27.4 Å². The van der Waals surface area contributed by atoms with Gasteiger partial charge in [-0.05, 0) is 69.0 Å². The number of nitrogens with one attached hydrogen (secondary N) is 1. The first-order valence-electron chi connectivity index (χ1n) is 16.9. The van der Waals surface area contributed by atoms with Crippen molar-refractivity contribution < 1.29 is 55.5 Å². The zero-order chi connectivity index (χ0) is 35.8. The molecule has 7 bridgehead atoms. The van der Waals surface area contributed by atoms with Crippen LogP contribution < -0.4 is 4.72 Å². The van der Waals surface area contributed by atoms with Crippen molar-refractivity contribution in [3.63, 3.8) is 0 Å². The maximum Gasteiger partial charge on any atom is 0.416 e. The molecular formula is C35H41F3N2O9S. The number of hydrogen-bond donors (Lipinski definition) is 3. The standard InChI is InChI=1S/C35H41F3N2O9S/c1-18-31(49-30(41)21-7-5-6-8-23(21)39-50(44,45)20-11-9-19(10-12-20)35(36,37)38)14-13-28(47-3)33-25(31)16-27(40(18)33)32(42)17-24(46-2)22-15-26(33)34(32,43)29(22)48-4/h5-12,18,22,24-29,39,42-43H,13-17H2,1-4H3/t18-,22+,24-,25?,26?,27?,28-,29-,31+,32-,33?,34-/m0/s1. The van der Waals surface area contributed by atoms with Crippen molar-refractivity contribution in [1.82, 2.24) is 4.90 Å². The largest absolute Gasteiger partial charge is 0.453 e. The number of para-hydroxylation sites is 1. The van der Waals surface area contributed by atoms with Gasteiger partial charge in [-0.2, -0.15) is 13.2 Å². The summed E-state index contributed by atoms with van der Waals surface area (Å²) >= 11 is 0. The van der Waals surface area contributed by atoms with E-state index in [9.17, 15) is 36.6 Å². The number of rotatable bonds is 8. The van der Waals surface area contributed by atoms with Gasteiger partial charge in [0.1, 0.15) is 16.8 Å². The molecule has 3 heterocycles. The van der Waals surface area contributed by atoms with Crippen LogP contribution in [-0.2, 0) is 35.1 Å². The number of halogens is 3. The lowest BCUT2D eigenvalue weighted by Crippen LogP contribution is -2.82.